The van der Waals surface area contributed by atoms with Crippen molar-refractivity contribution in [2.45, 2.75) is 45.9 Å². The monoisotopic (exact) mass is 295 g/mol. The van der Waals surface area contributed by atoms with Crippen molar-refractivity contribution in [1.82, 2.24) is 5.32 Å². The molecule has 0 spiro atoms. The molecule has 1 unspecified atom stereocenters. The summed E-state index contributed by atoms with van der Waals surface area (Å²) in [6.45, 7) is 6.97. The Morgan fingerprint density at radius 2 is 1.95 bits per heavy atom. The number of carbonyl (C=O) groups excluding carboxylic acids is 1. The summed E-state index contributed by atoms with van der Waals surface area (Å²) in [7, 11) is 0. The zero-order chi connectivity index (χ0) is 16.2. The Morgan fingerprint density at radius 3 is 2.43 bits per heavy atom. The third-order valence-corrected chi connectivity index (χ3v) is 2.63. The maximum absolute atomic E-state index is 11.5. The van der Waals surface area contributed by atoms with Crippen molar-refractivity contribution in [3.63, 3.8) is 0 Å². The fraction of sp³-hybridized carbons (Fsp3) is 0.467. The normalized spacial score (nSPS) is 12.6. The first kappa shape index (κ1) is 17.0. The molecule has 6 nitrogen and oxygen atoms in total. The number of ether oxygens (including phenoxy) is 1. The van der Waals surface area contributed by atoms with Crippen LogP contribution in [0.15, 0.2) is 18.2 Å². The number of benzene rings is 1. The SMILES string of the molecule is CC(O)c1cc(CNC(=O)OC(C)(C)C)ccc1C(=O)O. The number of carboxylic acid groups (broad SMARTS) is 1. The molecule has 0 aliphatic carbocycles. The standard InChI is InChI=1S/C15H21NO5/c1-9(17)12-7-10(5-6-11(12)13(18)19)8-16-14(20)21-15(2,3)4/h5-7,9,17H,8H2,1-4H3,(H,16,20)(H,18,19). The predicted octanol–water partition coefficient (Wildman–Crippen LogP) is 2.46. The molecule has 1 rings (SSSR count). The van der Waals surface area contributed by atoms with E-state index in [0.29, 0.717) is 11.1 Å². The number of carboxylic acids is 1. The summed E-state index contributed by atoms with van der Waals surface area (Å²) in [6, 6.07) is 4.56. The highest BCUT2D eigenvalue weighted by Gasteiger charge is 2.17. The van der Waals surface area contributed by atoms with E-state index in [4.69, 9.17) is 9.84 Å². The lowest BCUT2D eigenvalue weighted by atomic mass is 10.00. The third kappa shape index (κ3) is 5.43. The number of nitrogens with one attached hydrogen (secondary N) is 1. The van der Waals surface area contributed by atoms with Crippen LogP contribution in [0.2, 0.25) is 0 Å². The minimum atomic E-state index is -1.10. The van der Waals surface area contributed by atoms with Crippen molar-refractivity contribution in [1.29, 1.82) is 0 Å². The molecule has 1 aromatic rings. The number of aromatic carboxylic acids is 1. The first-order valence-electron chi connectivity index (χ1n) is 6.61. The molecule has 0 fully saturated rings. The van der Waals surface area contributed by atoms with Crippen LogP contribution in [-0.4, -0.2) is 27.9 Å². The first-order chi connectivity index (χ1) is 9.60. The van der Waals surface area contributed by atoms with Gasteiger partial charge in [0.05, 0.1) is 11.7 Å². The van der Waals surface area contributed by atoms with Crippen molar-refractivity contribution >= 4 is 12.1 Å². The predicted molar refractivity (Wildman–Crippen MR) is 77.1 cm³/mol. The van der Waals surface area contributed by atoms with Gasteiger partial charge in [0, 0.05) is 6.54 Å². The quantitative estimate of drug-likeness (QED) is 0.793. The molecule has 116 valence electrons. The van der Waals surface area contributed by atoms with Crippen molar-refractivity contribution < 1.29 is 24.5 Å². The zero-order valence-corrected chi connectivity index (χ0v) is 12.6. The van der Waals surface area contributed by atoms with Crippen molar-refractivity contribution in [2.24, 2.45) is 0 Å². The van der Waals surface area contributed by atoms with Crippen LogP contribution in [-0.2, 0) is 11.3 Å². The third-order valence-electron chi connectivity index (χ3n) is 2.63. The summed E-state index contributed by atoms with van der Waals surface area (Å²) in [5.41, 5.74) is 0.459. The Bertz CT molecular complexity index is 531. The Kier molecular flexibility index (Phi) is 5.32. The second-order valence-corrected chi connectivity index (χ2v) is 5.76. The second-order valence-electron chi connectivity index (χ2n) is 5.76. The van der Waals surface area contributed by atoms with E-state index in [1.165, 1.54) is 13.0 Å². The molecule has 1 atom stereocenters. The summed E-state index contributed by atoms with van der Waals surface area (Å²) >= 11 is 0. The highest BCUT2D eigenvalue weighted by atomic mass is 16.6. The molecule has 3 N–H and O–H groups in total. The average molecular weight is 295 g/mol. The fourth-order valence-corrected chi connectivity index (χ4v) is 1.75. The molecule has 0 saturated heterocycles. The zero-order valence-electron chi connectivity index (χ0n) is 12.6. The number of hydrogen-bond donors (Lipinski definition) is 3. The molecule has 0 aliphatic heterocycles. The maximum Gasteiger partial charge on any atom is 0.407 e. The van der Waals surface area contributed by atoms with Gasteiger partial charge in [0.25, 0.3) is 0 Å². The molecule has 0 heterocycles. The van der Waals surface area contributed by atoms with Crippen molar-refractivity contribution in [2.75, 3.05) is 0 Å². The topological polar surface area (TPSA) is 95.9 Å². The Morgan fingerprint density at radius 1 is 1.33 bits per heavy atom. The van der Waals surface area contributed by atoms with Crippen LogP contribution in [0, 0.1) is 0 Å². The lowest BCUT2D eigenvalue weighted by Gasteiger charge is -2.20. The molecule has 0 bridgehead atoms. The van der Waals surface area contributed by atoms with Gasteiger partial charge in [-0.15, -0.1) is 0 Å². The van der Waals surface area contributed by atoms with Crippen LogP contribution in [0.25, 0.3) is 0 Å². The summed E-state index contributed by atoms with van der Waals surface area (Å²) in [5.74, 6) is -1.10. The largest absolute Gasteiger partial charge is 0.478 e. The lowest BCUT2D eigenvalue weighted by molar-refractivity contribution is 0.0522. The van der Waals surface area contributed by atoms with Gasteiger partial charge in [-0.25, -0.2) is 9.59 Å². The highest BCUT2D eigenvalue weighted by Crippen LogP contribution is 2.20. The smallest absolute Gasteiger partial charge is 0.407 e. The van der Waals surface area contributed by atoms with E-state index >= 15 is 0 Å². The molecule has 0 aliphatic rings. The maximum atomic E-state index is 11.5. The Balaban J connectivity index is 2.79. The van der Waals surface area contributed by atoms with Crippen LogP contribution >= 0.6 is 0 Å². The summed E-state index contributed by atoms with van der Waals surface area (Å²) in [6.07, 6.45) is -1.46. The summed E-state index contributed by atoms with van der Waals surface area (Å²) in [4.78, 5) is 22.6. The molecule has 0 radical (unpaired) electrons. The van der Waals surface area contributed by atoms with Crippen LogP contribution in [0.1, 0.15) is 55.3 Å². The Hall–Kier alpha value is -2.08. The number of rotatable bonds is 4. The van der Waals surface area contributed by atoms with Gasteiger partial charge in [0.15, 0.2) is 0 Å². The molecule has 6 heteroatoms. The first-order valence-corrected chi connectivity index (χ1v) is 6.61. The summed E-state index contributed by atoms with van der Waals surface area (Å²) < 4.78 is 5.11. The van der Waals surface area contributed by atoms with Crippen LogP contribution < -0.4 is 5.32 Å². The van der Waals surface area contributed by atoms with Gasteiger partial charge in [-0.1, -0.05) is 12.1 Å². The number of alkyl carbamates (subject to hydrolysis) is 1. The van der Waals surface area contributed by atoms with Gasteiger partial charge in [-0.05, 0) is 44.9 Å². The highest BCUT2D eigenvalue weighted by molar-refractivity contribution is 5.89. The van der Waals surface area contributed by atoms with E-state index in [0.717, 1.165) is 0 Å². The number of carbonyl (C=O) groups is 2. The van der Waals surface area contributed by atoms with Gasteiger partial charge in [-0.2, -0.15) is 0 Å². The molecule has 0 saturated carbocycles. The molecule has 1 aromatic carbocycles. The average Bonchev–Trinajstić information content (AvgIpc) is 2.33. The van der Waals surface area contributed by atoms with Gasteiger partial charge in [0.1, 0.15) is 5.60 Å². The number of aliphatic hydroxyl groups excluding tert-OH is 1. The van der Waals surface area contributed by atoms with E-state index in [1.807, 2.05) is 0 Å². The molecule has 21 heavy (non-hydrogen) atoms. The number of hydrogen-bond acceptors (Lipinski definition) is 4. The van der Waals surface area contributed by atoms with Crippen LogP contribution in [0.4, 0.5) is 4.79 Å². The van der Waals surface area contributed by atoms with E-state index in [1.54, 1.807) is 32.9 Å². The van der Waals surface area contributed by atoms with E-state index < -0.39 is 23.8 Å². The lowest BCUT2D eigenvalue weighted by Crippen LogP contribution is -2.32. The van der Waals surface area contributed by atoms with E-state index in [9.17, 15) is 14.7 Å². The number of amides is 1. The fourth-order valence-electron chi connectivity index (χ4n) is 1.75. The van der Waals surface area contributed by atoms with Crippen LogP contribution in [0.3, 0.4) is 0 Å². The van der Waals surface area contributed by atoms with Crippen molar-refractivity contribution in [3.8, 4) is 0 Å². The van der Waals surface area contributed by atoms with Gasteiger partial charge >= 0.3 is 12.1 Å². The molecular formula is C15H21NO5. The second kappa shape index (κ2) is 6.58. The van der Waals surface area contributed by atoms with Crippen LogP contribution in [0.5, 0.6) is 0 Å². The Labute approximate surface area is 123 Å². The summed E-state index contributed by atoms with van der Waals surface area (Å²) in [5, 5.41) is 21.3. The molecule has 1 amide bonds. The van der Waals surface area contributed by atoms with Gasteiger partial charge < -0.3 is 20.3 Å². The van der Waals surface area contributed by atoms with Gasteiger partial charge in [-0.3, -0.25) is 0 Å². The molecule has 0 aromatic heterocycles. The minimum Gasteiger partial charge on any atom is -0.478 e. The minimum absolute atomic E-state index is 0.0472. The van der Waals surface area contributed by atoms with Crippen molar-refractivity contribution in [3.05, 3.63) is 34.9 Å². The number of aliphatic hydroxyl groups is 1. The van der Waals surface area contributed by atoms with E-state index in [2.05, 4.69) is 5.32 Å². The molecular weight excluding hydrogens is 274 g/mol. The van der Waals surface area contributed by atoms with Gasteiger partial charge in [0.2, 0.25) is 0 Å². The van der Waals surface area contributed by atoms with E-state index in [-0.39, 0.29) is 12.1 Å².